The number of phenolic OH excluding ortho intramolecular Hbond substituents is 1. The van der Waals surface area contributed by atoms with E-state index in [4.69, 9.17) is 11.6 Å². The molecule has 0 atom stereocenters. The molecule has 0 amide bonds. The second kappa shape index (κ2) is 6.04. The Morgan fingerprint density at radius 3 is 2.74 bits per heavy atom. The maximum absolute atomic E-state index is 12.0. The monoisotopic (exact) mass is 336 g/mol. The van der Waals surface area contributed by atoms with Gasteiger partial charge in [0.05, 0.1) is 5.56 Å². The van der Waals surface area contributed by atoms with E-state index in [-0.39, 0.29) is 17.1 Å². The second-order valence-electron chi connectivity index (χ2n) is 3.91. The molecule has 0 saturated heterocycles. The normalized spacial score (nSPS) is 10.8. The van der Waals surface area contributed by atoms with Crippen molar-refractivity contribution in [2.45, 2.75) is 0 Å². The van der Waals surface area contributed by atoms with E-state index >= 15 is 0 Å². The van der Waals surface area contributed by atoms with E-state index in [9.17, 15) is 9.90 Å². The molecule has 2 aromatic carbocycles. The number of allylic oxidation sites excluding steroid dienone is 1. The average Bonchev–Trinajstić information content (AvgIpc) is 2.39. The molecule has 1 N–H and O–H groups in total. The van der Waals surface area contributed by atoms with Crippen molar-refractivity contribution >= 4 is 39.4 Å². The van der Waals surface area contributed by atoms with Crippen molar-refractivity contribution in [3.8, 4) is 5.75 Å². The van der Waals surface area contributed by atoms with Crippen LogP contribution in [0.25, 0.3) is 6.08 Å². The predicted octanol–water partition coefficient (Wildman–Crippen LogP) is 4.70. The Bertz CT molecular complexity index is 650. The molecule has 0 fully saturated rings. The summed E-state index contributed by atoms with van der Waals surface area (Å²) in [7, 11) is 0. The van der Waals surface area contributed by atoms with Gasteiger partial charge in [-0.15, -0.1) is 0 Å². The quantitative estimate of drug-likeness (QED) is 0.651. The Labute approximate surface area is 124 Å². The Morgan fingerprint density at radius 2 is 2.00 bits per heavy atom. The first-order valence-corrected chi connectivity index (χ1v) is 6.70. The standard InChI is InChI=1S/C15H10BrClO2/c16-11-3-1-2-10(8-11)4-6-14(18)13-9-12(17)5-7-15(13)19/h1-9,19H. The average molecular weight is 338 g/mol. The third-order valence-electron chi connectivity index (χ3n) is 2.50. The molecule has 2 aromatic rings. The summed E-state index contributed by atoms with van der Waals surface area (Å²) in [5, 5.41) is 10.0. The van der Waals surface area contributed by atoms with Gasteiger partial charge in [-0.1, -0.05) is 45.7 Å². The van der Waals surface area contributed by atoms with Gasteiger partial charge in [0.15, 0.2) is 5.78 Å². The Hall–Kier alpha value is -1.58. The molecule has 0 aliphatic carbocycles. The third kappa shape index (κ3) is 3.69. The lowest BCUT2D eigenvalue weighted by molar-refractivity contribution is 0.104. The van der Waals surface area contributed by atoms with Gasteiger partial charge in [0.2, 0.25) is 0 Å². The summed E-state index contributed by atoms with van der Waals surface area (Å²) < 4.78 is 0.938. The molecule has 0 spiro atoms. The molecule has 2 rings (SSSR count). The van der Waals surface area contributed by atoms with Gasteiger partial charge in [-0.05, 0) is 42.0 Å². The largest absolute Gasteiger partial charge is 0.507 e. The molecule has 4 heteroatoms. The zero-order chi connectivity index (χ0) is 13.8. The van der Waals surface area contributed by atoms with Gasteiger partial charge in [0.1, 0.15) is 5.75 Å². The predicted molar refractivity (Wildman–Crippen MR) is 80.6 cm³/mol. The molecule has 0 unspecified atom stereocenters. The molecule has 19 heavy (non-hydrogen) atoms. The number of hydrogen-bond donors (Lipinski definition) is 1. The van der Waals surface area contributed by atoms with Crippen LogP contribution in [0.15, 0.2) is 53.0 Å². The van der Waals surface area contributed by atoms with Crippen LogP contribution in [0.4, 0.5) is 0 Å². The Morgan fingerprint density at radius 1 is 1.21 bits per heavy atom. The van der Waals surface area contributed by atoms with Crippen LogP contribution in [-0.2, 0) is 0 Å². The van der Waals surface area contributed by atoms with Crippen molar-refractivity contribution in [3.63, 3.8) is 0 Å². The van der Waals surface area contributed by atoms with Gasteiger partial charge in [0, 0.05) is 9.50 Å². The van der Waals surface area contributed by atoms with Crippen molar-refractivity contribution in [1.82, 2.24) is 0 Å². The lowest BCUT2D eigenvalue weighted by Crippen LogP contribution is -1.94. The number of aromatic hydroxyl groups is 1. The van der Waals surface area contributed by atoms with E-state index in [2.05, 4.69) is 15.9 Å². The van der Waals surface area contributed by atoms with Crippen LogP contribution in [0.2, 0.25) is 5.02 Å². The smallest absolute Gasteiger partial charge is 0.189 e. The molecule has 0 aliphatic heterocycles. The lowest BCUT2D eigenvalue weighted by atomic mass is 10.1. The zero-order valence-corrected chi connectivity index (χ0v) is 12.1. The first-order valence-electron chi connectivity index (χ1n) is 5.53. The number of carbonyl (C=O) groups is 1. The maximum Gasteiger partial charge on any atom is 0.189 e. The summed E-state index contributed by atoms with van der Waals surface area (Å²) in [5.41, 5.74) is 1.09. The molecule has 0 heterocycles. The van der Waals surface area contributed by atoms with Crippen LogP contribution in [0.5, 0.6) is 5.75 Å². The fraction of sp³-hybridized carbons (Fsp3) is 0. The summed E-state index contributed by atoms with van der Waals surface area (Å²) in [6.07, 6.45) is 3.10. The highest BCUT2D eigenvalue weighted by molar-refractivity contribution is 9.10. The molecule has 0 saturated carbocycles. The molecule has 0 radical (unpaired) electrons. The van der Waals surface area contributed by atoms with Crippen molar-refractivity contribution in [2.24, 2.45) is 0 Å². The summed E-state index contributed by atoms with van der Waals surface area (Å²) in [4.78, 5) is 12.0. The van der Waals surface area contributed by atoms with Crippen LogP contribution in [-0.4, -0.2) is 10.9 Å². The van der Waals surface area contributed by atoms with Crippen molar-refractivity contribution < 1.29 is 9.90 Å². The van der Waals surface area contributed by atoms with Crippen molar-refractivity contribution in [2.75, 3.05) is 0 Å². The van der Waals surface area contributed by atoms with Crippen LogP contribution < -0.4 is 0 Å². The maximum atomic E-state index is 12.0. The minimum Gasteiger partial charge on any atom is -0.507 e. The molecule has 96 valence electrons. The highest BCUT2D eigenvalue weighted by atomic mass is 79.9. The molecule has 0 aliphatic rings. The Kier molecular flexibility index (Phi) is 4.40. The van der Waals surface area contributed by atoms with E-state index in [1.54, 1.807) is 6.08 Å². The number of carbonyl (C=O) groups excluding carboxylic acids is 1. The fourth-order valence-corrected chi connectivity index (χ4v) is 2.17. The van der Waals surface area contributed by atoms with Gasteiger partial charge in [-0.2, -0.15) is 0 Å². The number of rotatable bonds is 3. The van der Waals surface area contributed by atoms with Crippen LogP contribution in [0, 0.1) is 0 Å². The SMILES string of the molecule is O=C(C=Cc1cccc(Br)c1)c1cc(Cl)ccc1O. The van der Waals surface area contributed by atoms with E-state index in [0.29, 0.717) is 5.02 Å². The topological polar surface area (TPSA) is 37.3 Å². The van der Waals surface area contributed by atoms with Gasteiger partial charge in [-0.25, -0.2) is 0 Å². The van der Waals surface area contributed by atoms with Gasteiger partial charge in [-0.3, -0.25) is 4.79 Å². The summed E-state index contributed by atoms with van der Waals surface area (Å²) in [5.74, 6) is -0.367. The lowest BCUT2D eigenvalue weighted by Gasteiger charge is -2.01. The van der Waals surface area contributed by atoms with Gasteiger partial charge >= 0.3 is 0 Å². The zero-order valence-electron chi connectivity index (χ0n) is 9.81. The molecular weight excluding hydrogens is 328 g/mol. The van der Waals surface area contributed by atoms with Crippen LogP contribution >= 0.6 is 27.5 Å². The minimum atomic E-state index is -0.292. The number of hydrogen-bond acceptors (Lipinski definition) is 2. The highest BCUT2D eigenvalue weighted by Crippen LogP contribution is 2.22. The van der Waals surface area contributed by atoms with Crippen molar-refractivity contribution in [1.29, 1.82) is 0 Å². The van der Waals surface area contributed by atoms with Crippen molar-refractivity contribution in [3.05, 3.63) is 69.2 Å². The van der Waals surface area contributed by atoms with Crippen LogP contribution in [0.1, 0.15) is 15.9 Å². The molecule has 0 aromatic heterocycles. The first-order chi connectivity index (χ1) is 9.06. The summed E-state index contributed by atoms with van der Waals surface area (Å²) in [6.45, 7) is 0. The third-order valence-corrected chi connectivity index (χ3v) is 3.23. The second-order valence-corrected chi connectivity index (χ2v) is 5.27. The van der Waals surface area contributed by atoms with Gasteiger partial charge < -0.3 is 5.11 Å². The van der Waals surface area contributed by atoms with E-state index in [0.717, 1.165) is 10.0 Å². The van der Waals surface area contributed by atoms with Gasteiger partial charge in [0.25, 0.3) is 0 Å². The number of benzene rings is 2. The molecule has 2 nitrogen and oxygen atoms in total. The summed E-state index contributed by atoms with van der Waals surface area (Å²) >= 11 is 9.16. The highest BCUT2D eigenvalue weighted by Gasteiger charge is 2.08. The fourth-order valence-electron chi connectivity index (χ4n) is 1.58. The number of ketones is 1. The first kappa shape index (κ1) is 13.8. The summed E-state index contributed by atoms with van der Waals surface area (Å²) in [6, 6.07) is 11.9. The van der Waals surface area contributed by atoms with Crippen LogP contribution in [0.3, 0.4) is 0 Å². The van der Waals surface area contributed by atoms with E-state index < -0.39 is 0 Å². The number of halogens is 2. The van der Waals surface area contributed by atoms with E-state index in [1.165, 1.54) is 24.3 Å². The molecule has 0 bridgehead atoms. The molecular formula is C15H10BrClO2. The minimum absolute atomic E-state index is 0.0757. The Balaban J connectivity index is 2.23. The number of phenols is 1. The van der Waals surface area contributed by atoms with E-state index in [1.807, 2.05) is 24.3 Å².